The second-order valence-corrected chi connectivity index (χ2v) is 8.18. The van der Waals surface area contributed by atoms with Gasteiger partial charge in [-0.15, -0.1) is 5.10 Å². The highest BCUT2D eigenvalue weighted by atomic mass is 16.3. The van der Waals surface area contributed by atoms with Crippen molar-refractivity contribution in [3.05, 3.63) is 71.8 Å². The van der Waals surface area contributed by atoms with Crippen LogP contribution in [0.5, 0.6) is 5.75 Å². The highest BCUT2D eigenvalue weighted by Gasteiger charge is 2.31. The first-order valence-corrected chi connectivity index (χ1v) is 10.9. The van der Waals surface area contributed by atoms with Crippen LogP contribution in [0.3, 0.4) is 0 Å². The number of aromatic nitrogens is 4. The molecule has 0 unspecified atom stereocenters. The van der Waals surface area contributed by atoms with Crippen LogP contribution in [0.25, 0.3) is 22.5 Å². The number of carbonyl (C=O) groups is 1. The normalized spacial score (nSPS) is 14.5. The summed E-state index contributed by atoms with van der Waals surface area (Å²) in [5.74, 6) is 0.174. The third kappa shape index (κ3) is 4.12. The molecule has 0 saturated carbocycles. The molecule has 4 aromatic rings. The zero-order valence-electron chi connectivity index (χ0n) is 19.3. The molecule has 3 N–H and O–H groups in total. The lowest BCUT2D eigenvalue weighted by Crippen LogP contribution is -2.28. The van der Waals surface area contributed by atoms with Gasteiger partial charge in [-0.3, -0.25) is 10.2 Å². The molecular formula is C25H22N8O2. The third-order valence-electron chi connectivity index (χ3n) is 5.84. The predicted molar refractivity (Wildman–Crippen MR) is 134 cm³/mol. The number of carbonyl (C=O) groups excluding carboxylic acids is 1. The number of anilines is 2. The fraction of sp³-hybridized carbons (Fsp3) is 0.120. The van der Waals surface area contributed by atoms with E-state index in [1.165, 1.54) is 5.01 Å². The molecule has 0 saturated heterocycles. The molecule has 1 aliphatic rings. The van der Waals surface area contributed by atoms with Crippen LogP contribution in [0, 0.1) is 13.8 Å². The molecule has 10 nitrogen and oxygen atoms in total. The lowest BCUT2D eigenvalue weighted by Gasteiger charge is -2.13. The van der Waals surface area contributed by atoms with E-state index >= 15 is 0 Å². The van der Waals surface area contributed by atoms with Crippen LogP contribution in [0.1, 0.15) is 18.1 Å². The Morgan fingerprint density at radius 2 is 1.77 bits per heavy atom. The first-order valence-electron chi connectivity index (χ1n) is 10.9. The van der Waals surface area contributed by atoms with Crippen molar-refractivity contribution >= 4 is 28.7 Å². The fourth-order valence-electron chi connectivity index (χ4n) is 3.76. The maximum absolute atomic E-state index is 13.0. The second kappa shape index (κ2) is 8.82. The van der Waals surface area contributed by atoms with Gasteiger partial charge in [0, 0.05) is 11.1 Å². The Hall–Kier alpha value is -4.86. The Morgan fingerprint density at radius 3 is 2.54 bits per heavy atom. The van der Waals surface area contributed by atoms with E-state index < -0.39 is 0 Å². The molecule has 3 aromatic carbocycles. The Bertz CT molecular complexity index is 1490. The number of aromatic amines is 1. The number of amides is 1. The van der Waals surface area contributed by atoms with Crippen LogP contribution in [0.2, 0.25) is 0 Å². The number of hydrogen-bond acceptors (Lipinski definition) is 8. The molecule has 0 radical (unpaired) electrons. The number of rotatable bonds is 5. The minimum Gasteiger partial charge on any atom is -0.505 e. The number of phenols is 1. The average Bonchev–Trinajstić information content (AvgIpc) is 3.49. The van der Waals surface area contributed by atoms with Gasteiger partial charge in [-0.1, -0.05) is 36.4 Å². The summed E-state index contributed by atoms with van der Waals surface area (Å²) in [5, 5.41) is 34.8. The summed E-state index contributed by atoms with van der Waals surface area (Å²) >= 11 is 0. The van der Waals surface area contributed by atoms with E-state index in [9.17, 15) is 9.90 Å². The average molecular weight is 467 g/mol. The number of hydrogen-bond donors (Lipinski definition) is 3. The molecule has 1 aromatic heterocycles. The van der Waals surface area contributed by atoms with Crippen molar-refractivity contribution in [1.82, 2.24) is 20.6 Å². The molecule has 1 amide bonds. The number of benzene rings is 3. The lowest BCUT2D eigenvalue weighted by molar-refractivity contribution is -0.112. The number of nitrogens with one attached hydrogen (secondary N) is 2. The first-order chi connectivity index (χ1) is 16.9. The Kier molecular flexibility index (Phi) is 5.54. The van der Waals surface area contributed by atoms with Gasteiger partial charge < -0.3 is 5.11 Å². The van der Waals surface area contributed by atoms with Crippen molar-refractivity contribution in [2.75, 3.05) is 10.4 Å². The largest absolute Gasteiger partial charge is 0.505 e. The maximum Gasteiger partial charge on any atom is 0.301 e. The topological polar surface area (TPSA) is 132 Å². The molecule has 35 heavy (non-hydrogen) atoms. The first kappa shape index (κ1) is 22.0. The Balaban J connectivity index is 1.41. The molecule has 2 heterocycles. The maximum atomic E-state index is 13.0. The minimum atomic E-state index is -0.345. The number of aryl methyl sites for hydroxylation is 2. The molecule has 0 fully saturated rings. The molecule has 10 heteroatoms. The monoisotopic (exact) mass is 466 g/mol. The molecular weight excluding hydrogens is 444 g/mol. The van der Waals surface area contributed by atoms with Crippen LogP contribution < -0.4 is 10.4 Å². The zero-order valence-corrected chi connectivity index (χ0v) is 19.3. The third-order valence-corrected chi connectivity index (χ3v) is 5.84. The molecule has 0 bridgehead atoms. The van der Waals surface area contributed by atoms with Gasteiger partial charge in [-0.2, -0.15) is 15.2 Å². The summed E-state index contributed by atoms with van der Waals surface area (Å²) in [6.07, 6.45) is 0. The van der Waals surface area contributed by atoms with Gasteiger partial charge in [0.25, 0.3) is 0 Å². The summed E-state index contributed by atoms with van der Waals surface area (Å²) in [7, 11) is 0. The van der Waals surface area contributed by atoms with E-state index in [4.69, 9.17) is 0 Å². The van der Waals surface area contributed by atoms with Crippen molar-refractivity contribution in [2.24, 2.45) is 10.2 Å². The number of nitrogens with zero attached hydrogens (tertiary/aromatic N) is 6. The quantitative estimate of drug-likeness (QED) is 0.300. The standard InChI is InChI=1S/C25H22N8O2/c1-14-10-11-19(12-15(14)2)33-25(35)22(16(3)30-33)27-26-21-9-5-8-20(23(21)34)17-6-4-7-18(13-17)24-28-31-32-29-24/h4-13,26,34H,1-3H3,(H,28,29,31,32)/b27-22-. The lowest BCUT2D eigenvalue weighted by atomic mass is 10.0. The predicted octanol–water partition coefficient (Wildman–Crippen LogP) is 4.05. The van der Waals surface area contributed by atoms with Gasteiger partial charge in [-0.05, 0) is 72.2 Å². The molecule has 5 rings (SSSR count). The van der Waals surface area contributed by atoms with Gasteiger partial charge in [0.2, 0.25) is 0 Å². The van der Waals surface area contributed by atoms with Gasteiger partial charge >= 0.3 is 5.91 Å². The minimum absolute atomic E-state index is 0.00394. The van der Waals surface area contributed by atoms with Gasteiger partial charge in [0.1, 0.15) is 5.75 Å². The number of aromatic hydroxyl groups is 1. The molecule has 0 aliphatic carbocycles. The summed E-state index contributed by atoms with van der Waals surface area (Å²) in [6, 6.07) is 18.4. The SMILES string of the molecule is CC1=NN(c2ccc(C)c(C)c2)C(=O)/C1=N\Nc1cccc(-c2cccc(-c3nnn[nH]3)c2)c1O. The van der Waals surface area contributed by atoms with Crippen LogP contribution in [0.4, 0.5) is 11.4 Å². The molecule has 1 aliphatic heterocycles. The highest BCUT2D eigenvalue weighted by molar-refractivity contribution is 6.71. The van der Waals surface area contributed by atoms with Crippen LogP contribution in [-0.2, 0) is 4.79 Å². The fourth-order valence-corrected chi connectivity index (χ4v) is 3.76. The molecule has 0 spiro atoms. The van der Waals surface area contributed by atoms with Crippen molar-refractivity contribution in [3.8, 4) is 28.3 Å². The zero-order chi connectivity index (χ0) is 24.5. The van der Waals surface area contributed by atoms with Crippen LogP contribution >= 0.6 is 0 Å². The van der Waals surface area contributed by atoms with E-state index in [0.717, 1.165) is 22.3 Å². The van der Waals surface area contributed by atoms with E-state index in [2.05, 4.69) is 36.3 Å². The highest BCUT2D eigenvalue weighted by Crippen LogP contribution is 2.36. The van der Waals surface area contributed by atoms with Crippen molar-refractivity contribution in [2.45, 2.75) is 20.8 Å². The second-order valence-electron chi connectivity index (χ2n) is 8.18. The number of tetrazole rings is 1. The van der Waals surface area contributed by atoms with E-state index in [0.29, 0.717) is 28.5 Å². The van der Waals surface area contributed by atoms with E-state index in [1.807, 2.05) is 56.3 Å². The number of phenolic OH excluding ortho intramolecular Hbond substituents is 1. The van der Waals surface area contributed by atoms with Gasteiger partial charge in [0.05, 0.1) is 17.1 Å². The van der Waals surface area contributed by atoms with Gasteiger partial charge in [0.15, 0.2) is 11.5 Å². The summed E-state index contributed by atoms with van der Waals surface area (Å²) in [5.41, 5.74) is 8.84. The van der Waals surface area contributed by atoms with Crippen molar-refractivity contribution in [3.63, 3.8) is 0 Å². The van der Waals surface area contributed by atoms with Gasteiger partial charge in [-0.25, -0.2) is 5.10 Å². The number of hydrazone groups is 2. The van der Waals surface area contributed by atoms with Crippen LogP contribution in [-0.4, -0.2) is 43.1 Å². The van der Waals surface area contributed by atoms with E-state index in [-0.39, 0.29) is 17.4 Å². The summed E-state index contributed by atoms with van der Waals surface area (Å²) in [4.78, 5) is 13.0. The molecule has 0 atom stereocenters. The van der Waals surface area contributed by atoms with E-state index in [1.54, 1.807) is 25.1 Å². The van der Waals surface area contributed by atoms with Crippen molar-refractivity contribution in [1.29, 1.82) is 0 Å². The number of para-hydroxylation sites is 1. The van der Waals surface area contributed by atoms with Crippen LogP contribution in [0.15, 0.2) is 70.9 Å². The Morgan fingerprint density at radius 1 is 0.971 bits per heavy atom. The number of H-pyrrole nitrogens is 1. The smallest absolute Gasteiger partial charge is 0.301 e. The molecule has 174 valence electrons. The van der Waals surface area contributed by atoms with Crippen molar-refractivity contribution < 1.29 is 9.90 Å². The summed E-state index contributed by atoms with van der Waals surface area (Å²) in [6.45, 7) is 5.72. The Labute approximate surface area is 201 Å². The summed E-state index contributed by atoms with van der Waals surface area (Å²) < 4.78 is 0.